The molecule has 78 valence electrons. The predicted molar refractivity (Wildman–Crippen MR) is 51.7 cm³/mol. The second kappa shape index (κ2) is 4.57. The molecule has 0 fully saturated rings. The molecule has 1 unspecified atom stereocenters. The summed E-state index contributed by atoms with van der Waals surface area (Å²) >= 11 is 1.01. The zero-order chi connectivity index (χ0) is 11.4. The number of hydrogen-bond donors (Lipinski definition) is 2. The van der Waals surface area contributed by atoms with E-state index in [9.17, 15) is 9.59 Å². The van der Waals surface area contributed by atoms with Crippen LogP contribution in [0.1, 0.15) is 22.1 Å². The fourth-order valence-corrected chi connectivity index (χ4v) is 1.98. The summed E-state index contributed by atoms with van der Waals surface area (Å²) in [7, 11) is 0. The summed E-state index contributed by atoms with van der Waals surface area (Å²) in [6.45, 7) is 0. The molecule has 0 aromatic carbocycles. The second-order valence-electron chi connectivity index (χ2n) is 2.80. The molecular weight excluding hydrogens is 218 g/mol. The summed E-state index contributed by atoms with van der Waals surface area (Å²) < 4.78 is 0. The number of nitrogens with zero attached hydrogens (tertiary/aromatic N) is 1. The minimum Gasteiger partial charge on any atom is -0.481 e. The Balaban J connectivity index is 2.94. The highest BCUT2D eigenvalue weighted by molar-refractivity contribution is 7.12. The molecule has 0 spiro atoms. The van der Waals surface area contributed by atoms with Gasteiger partial charge in [-0.3, -0.25) is 9.59 Å². The number of aliphatic carboxylic acids is 2. The first-order valence-electron chi connectivity index (χ1n) is 3.99. The molecule has 1 aromatic rings. The lowest BCUT2D eigenvalue weighted by molar-refractivity contribution is -0.145. The van der Waals surface area contributed by atoms with Gasteiger partial charge in [0.05, 0.1) is 6.42 Å². The number of carboxylic acid groups (broad SMARTS) is 2. The molecule has 15 heavy (non-hydrogen) atoms. The van der Waals surface area contributed by atoms with Crippen molar-refractivity contribution in [3.05, 3.63) is 21.9 Å². The molecule has 0 aliphatic rings. The first-order valence-corrected chi connectivity index (χ1v) is 4.80. The van der Waals surface area contributed by atoms with Gasteiger partial charge in [0, 0.05) is 4.88 Å². The van der Waals surface area contributed by atoms with E-state index in [1.165, 1.54) is 12.1 Å². The third-order valence-corrected chi connectivity index (χ3v) is 2.86. The summed E-state index contributed by atoms with van der Waals surface area (Å²) in [6, 6.07) is 4.83. The van der Waals surface area contributed by atoms with Crippen LogP contribution in [0.25, 0.3) is 0 Å². The van der Waals surface area contributed by atoms with E-state index in [2.05, 4.69) is 0 Å². The average Bonchev–Trinajstić information content (AvgIpc) is 2.61. The first-order chi connectivity index (χ1) is 7.04. The van der Waals surface area contributed by atoms with Gasteiger partial charge in [0.1, 0.15) is 16.9 Å². The molecule has 0 saturated carbocycles. The molecule has 0 radical (unpaired) electrons. The van der Waals surface area contributed by atoms with Crippen LogP contribution in [0.4, 0.5) is 0 Å². The normalized spacial score (nSPS) is 11.7. The number of nitriles is 1. The lowest BCUT2D eigenvalue weighted by Gasteiger charge is -2.05. The Morgan fingerprint density at radius 1 is 1.47 bits per heavy atom. The molecular formula is C9H7NO4S. The SMILES string of the molecule is N#Cc1ccc(C(CC(=O)O)C(=O)O)s1. The van der Waals surface area contributed by atoms with Crippen LogP contribution in [0.5, 0.6) is 0 Å². The average molecular weight is 225 g/mol. The highest BCUT2D eigenvalue weighted by atomic mass is 32.1. The summed E-state index contributed by atoms with van der Waals surface area (Å²) in [4.78, 5) is 22.0. The minimum absolute atomic E-state index is 0.377. The molecule has 1 rings (SSSR count). The summed E-state index contributed by atoms with van der Waals surface area (Å²) in [5.41, 5.74) is 0. The molecule has 0 aliphatic heterocycles. The van der Waals surface area contributed by atoms with E-state index in [4.69, 9.17) is 15.5 Å². The smallest absolute Gasteiger partial charge is 0.312 e. The van der Waals surface area contributed by atoms with Gasteiger partial charge in [0.15, 0.2) is 0 Å². The molecule has 2 N–H and O–H groups in total. The number of thiophene rings is 1. The Morgan fingerprint density at radius 2 is 2.13 bits per heavy atom. The number of hydrogen-bond acceptors (Lipinski definition) is 4. The predicted octanol–water partition coefficient (Wildman–Crippen LogP) is 1.26. The Morgan fingerprint density at radius 3 is 2.53 bits per heavy atom. The van der Waals surface area contributed by atoms with Crippen LogP contribution in [0.3, 0.4) is 0 Å². The maximum absolute atomic E-state index is 10.8. The van der Waals surface area contributed by atoms with Gasteiger partial charge in [-0.1, -0.05) is 0 Å². The third kappa shape index (κ3) is 2.79. The van der Waals surface area contributed by atoms with Crippen molar-refractivity contribution >= 4 is 23.3 Å². The zero-order valence-corrected chi connectivity index (χ0v) is 8.32. The molecule has 0 saturated heterocycles. The van der Waals surface area contributed by atoms with Gasteiger partial charge < -0.3 is 10.2 Å². The number of carbonyl (C=O) groups is 2. The fraction of sp³-hybridized carbons (Fsp3) is 0.222. The Bertz CT molecular complexity index is 432. The van der Waals surface area contributed by atoms with Crippen LogP contribution in [-0.2, 0) is 9.59 Å². The molecule has 6 heteroatoms. The monoisotopic (exact) mass is 225 g/mol. The van der Waals surface area contributed by atoms with Gasteiger partial charge in [0.2, 0.25) is 0 Å². The lowest BCUT2D eigenvalue weighted by Crippen LogP contribution is -2.14. The van der Waals surface area contributed by atoms with Gasteiger partial charge in [0.25, 0.3) is 0 Å². The van der Waals surface area contributed by atoms with Crippen molar-refractivity contribution in [3.8, 4) is 6.07 Å². The van der Waals surface area contributed by atoms with Crippen molar-refractivity contribution in [2.45, 2.75) is 12.3 Å². The zero-order valence-electron chi connectivity index (χ0n) is 7.51. The van der Waals surface area contributed by atoms with Crippen molar-refractivity contribution < 1.29 is 19.8 Å². The molecule has 1 atom stereocenters. The highest BCUT2D eigenvalue weighted by Gasteiger charge is 2.24. The standard InChI is InChI=1S/C9H7NO4S/c10-4-5-1-2-7(15-5)6(9(13)14)3-8(11)12/h1-2,6H,3H2,(H,11,12)(H,13,14). The van der Waals surface area contributed by atoms with Crippen molar-refractivity contribution in [2.75, 3.05) is 0 Å². The maximum atomic E-state index is 10.8. The molecule has 1 heterocycles. The van der Waals surface area contributed by atoms with Crippen molar-refractivity contribution in [2.24, 2.45) is 0 Å². The van der Waals surface area contributed by atoms with Gasteiger partial charge in [-0.05, 0) is 12.1 Å². The van der Waals surface area contributed by atoms with Crippen molar-refractivity contribution in [1.29, 1.82) is 5.26 Å². The van der Waals surface area contributed by atoms with Crippen LogP contribution in [-0.4, -0.2) is 22.2 Å². The molecule has 0 bridgehead atoms. The highest BCUT2D eigenvalue weighted by Crippen LogP contribution is 2.27. The van der Waals surface area contributed by atoms with Crippen LogP contribution in [0.2, 0.25) is 0 Å². The Hall–Kier alpha value is -1.87. The maximum Gasteiger partial charge on any atom is 0.312 e. The van der Waals surface area contributed by atoms with E-state index in [0.29, 0.717) is 9.75 Å². The Kier molecular flexibility index (Phi) is 3.42. The summed E-state index contributed by atoms with van der Waals surface area (Å²) in [5, 5.41) is 25.9. The van der Waals surface area contributed by atoms with E-state index < -0.39 is 24.3 Å². The largest absolute Gasteiger partial charge is 0.481 e. The van der Waals surface area contributed by atoms with Gasteiger partial charge >= 0.3 is 11.9 Å². The molecule has 0 amide bonds. The van der Waals surface area contributed by atoms with Crippen LogP contribution < -0.4 is 0 Å². The fourth-order valence-electron chi connectivity index (χ4n) is 1.08. The van der Waals surface area contributed by atoms with Crippen molar-refractivity contribution in [1.82, 2.24) is 0 Å². The summed E-state index contributed by atoms with van der Waals surface area (Å²) in [5.74, 6) is -3.44. The van der Waals surface area contributed by atoms with E-state index in [-0.39, 0.29) is 0 Å². The molecule has 5 nitrogen and oxygen atoms in total. The molecule has 1 aromatic heterocycles. The minimum atomic E-state index is -1.19. The van der Waals surface area contributed by atoms with E-state index in [1.54, 1.807) is 0 Å². The quantitative estimate of drug-likeness (QED) is 0.803. The van der Waals surface area contributed by atoms with Gasteiger partial charge in [-0.25, -0.2) is 0 Å². The molecule has 0 aliphatic carbocycles. The van der Waals surface area contributed by atoms with Crippen LogP contribution in [0.15, 0.2) is 12.1 Å². The van der Waals surface area contributed by atoms with Crippen LogP contribution >= 0.6 is 11.3 Å². The van der Waals surface area contributed by atoms with E-state index >= 15 is 0 Å². The second-order valence-corrected chi connectivity index (χ2v) is 3.92. The lowest BCUT2D eigenvalue weighted by atomic mass is 10.0. The van der Waals surface area contributed by atoms with Gasteiger partial charge in [-0.2, -0.15) is 5.26 Å². The number of carboxylic acids is 2. The number of rotatable bonds is 4. The third-order valence-electron chi connectivity index (χ3n) is 1.76. The Labute approximate surface area is 89.2 Å². The first kappa shape index (κ1) is 11.2. The summed E-state index contributed by atoms with van der Waals surface area (Å²) in [6.07, 6.45) is -0.472. The van der Waals surface area contributed by atoms with Crippen LogP contribution in [0, 0.1) is 11.3 Å². The van der Waals surface area contributed by atoms with Gasteiger partial charge in [-0.15, -0.1) is 11.3 Å². The van der Waals surface area contributed by atoms with Crippen molar-refractivity contribution in [3.63, 3.8) is 0 Å². The van der Waals surface area contributed by atoms with E-state index in [0.717, 1.165) is 11.3 Å². The topological polar surface area (TPSA) is 98.4 Å². The van der Waals surface area contributed by atoms with E-state index in [1.807, 2.05) is 6.07 Å².